The molecule has 2 heterocycles. The molecule has 0 aliphatic carbocycles. The van der Waals surface area contributed by atoms with Crippen molar-refractivity contribution in [3.8, 4) is 0 Å². The number of sulfonamides is 1. The summed E-state index contributed by atoms with van der Waals surface area (Å²) < 4.78 is 27.5. The molecule has 1 saturated heterocycles. The van der Waals surface area contributed by atoms with Crippen molar-refractivity contribution in [2.45, 2.75) is 4.90 Å². The summed E-state index contributed by atoms with van der Waals surface area (Å²) in [6.45, 7) is 2.22. The number of nitrogens with two attached hydrogens (primary N) is 1. The number of amidine groups is 1. The molecule has 2 aliphatic rings. The zero-order chi connectivity index (χ0) is 12.0. The molecule has 2 N–H and O–H groups in total. The Hall–Kier alpha value is -1.40. The van der Waals surface area contributed by atoms with Gasteiger partial charge in [-0.15, -0.1) is 4.40 Å². The molecule has 0 amide bonds. The Morgan fingerprint density at radius 2 is 2.06 bits per heavy atom. The monoisotopic (exact) mass is 251 g/mol. The van der Waals surface area contributed by atoms with Gasteiger partial charge in [-0.25, -0.2) is 0 Å². The third-order valence-electron chi connectivity index (χ3n) is 3.20. The van der Waals surface area contributed by atoms with Gasteiger partial charge in [-0.05, 0) is 18.7 Å². The van der Waals surface area contributed by atoms with E-state index in [4.69, 9.17) is 5.73 Å². The smallest absolute Gasteiger partial charge is 0.285 e. The second-order valence-electron chi connectivity index (χ2n) is 4.39. The highest BCUT2D eigenvalue weighted by Gasteiger charge is 2.36. The number of fused-ring (bicyclic) bond motifs is 1. The molecule has 1 aromatic rings. The second kappa shape index (κ2) is 3.54. The maximum absolute atomic E-state index is 11.8. The van der Waals surface area contributed by atoms with E-state index in [9.17, 15) is 8.42 Å². The lowest BCUT2D eigenvalue weighted by Gasteiger charge is -2.40. The summed E-state index contributed by atoms with van der Waals surface area (Å²) in [7, 11) is -3.49. The van der Waals surface area contributed by atoms with Crippen LogP contribution in [-0.2, 0) is 10.0 Å². The number of hydrogen-bond acceptors (Lipinski definition) is 4. The van der Waals surface area contributed by atoms with E-state index in [0.717, 1.165) is 13.1 Å². The van der Waals surface area contributed by atoms with Gasteiger partial charge in [-0.3, -0.25) is 0 Å². The molecule has 0 atom stereocenters. The van der Waals surface area contributed by atoms with Crippen molar-refractivity contribution in [1.82, 2.24) is 4.90 Å². The summed E-state index contributed by atoms with van der Waals surface area (Å²) >= 11 is 0. The topological polar surface area (TPSA) is 75.8 Å². The molecular weight excluding hydrogens is 238 g/mol. The summed E-state index contributed by atoms with van der Waals surface area (Å²) in [4.78, 5) is 2.28. The van der Waals surface area contributed by atoms with Crippen molar-refractivity contribution in [2.75, 3.05) is 19.6 Å². The van der Waals surface area contributed by atoms with E-state index >= 15 is 0 Å². The van der Waals surface area contributed by atoms with Gasteiger partial charge < -0.3 is 10.6 Å². The van der Waals surface area contributed by atoms with Gasteiger partial charge in [-0.2, -0.15) is 8.42 Å². The van der Waals surface area contributed by atoms with Crippen molar-refractivity contribution < 1.29 is 8.42 Å². The third kappa shape index (κ3) is 1.56. The molecule has 1 fully saturated rings. The van der Waals surface area contributed by atoms with Gasteiger partial charge >= 0.3 is 0 Å². The van der Waals surface area contributed by atoms with Crippen LogP contribution in [0.25, 0.3) is 0 Å². The second-order valence-corrected chi connectivity index (χ2v) is 5.97. The molecule has 90 valence electrons. The van der Waals surface area contributed by atoms with E-state index in [1.807, 2.05) is 11.0 Å². The highest BCUT2D eigenvalue weighted by atomic mass is 32.2. The lowest BCUT2D eigenvalue weighted by molar-refractivity contribution is 0.195. The van der Waals surface area contributed by atoms with Gasteiger partial charge in [0.25, 0.3) is 10.0 Å². The highest BCUT2D eigenvalue weighted by molar-refractivity contribution is 7.90. The first-order valence-corrected chi connectivity index (χ1v) is 6.95. The van der Waals surface area contributed by atoms with Crippen molar-refractivity contribution in [3.63, 3.8) is 0 Å². The molecule has 6 heteroatoms. The molecule has 5 nitrogen and oxygen atoms in total. The van der Waals surface area contributed by atoms with Gasteiger partial charge in [0.05, 0.1) is 0 Å². The third-order valence-corrected chi connectivity index (χ3v) is 4.53. The van der Waals surface area contributed by atoms with Gasteiger partial charge in [0.1, 0.15) is 4.90 Å². The largest absolute Gasteiger partial charge is 0.355 e. The first kappa shape index (κ1) is 10.7. The molecule has 0 spiro atoms. The van der Waals surface area contributed by atoms with Gasteiger partial charge in [0.2, 0.25) is 0 Å². The minimum absolute atomic E-state index is 0.311. The molecule has 3 rings (SSSR count). The lowest BCUT2D eigenvalue weighted by Crippen LogP contribution is -2.52. The molecule has 0 radical (unpaired) electrons. The average molecular weight is 251 g/mol. The Kier molecular flexibility index (Phi) is 2.24. The predicted octanol–water partition coefficient (Wildman–Crippen LogP) is 0.0260. The molecule has 1 aromatic carbocycles. The fraction of sp³-hybridized carbons (Fsp3) is 0.364. The zero-order valence-electron chi connectivity index (χ0n) is 9.20. The van der Waals surface area contributed by atoms with Gasteiger partial charge in [0, 0.05) is 24.6 Å². The standard InChI is InChI=1S/C11H13N3O2S/c12-5-8-6-14(7-8)11-9-3-1-2-4-10(9)17(15,16)13-11/h1-4,8H,5-7,12H2. The van der Waals surface area contributed by atoms with E-state index in [0.29, 0.717) is 28.8 Å². The lowest BCUT2D eigenvalue weighted by atomic mass is 9.99. The number of likely N-dealkylation sites (tertiary alicyclic amines) is 1. The van der Waals surface area contributed by atoms with E-state index in [1.165, 1.54) is 0 Å². The summed E-state index contributed by atoms with van der Waals surface area (Å²) in [6, 6.07) is 6.94. The van der Waals surface area contributed by atoms with Crippen LogP contribution in [0.4, 0.5) is 0 Å². The molecule has 17 heavy (non-hydrogen) atoms. The van der Waals surface area contributed by atoms with Crippen molar-refractivity contribution in [3.05, 3.63) is 29.8 Å². The van der Waals surface area contributed by atoms with E-state index in [2.05, 4.69) is 4.40 Å². The SMILES string of the molecule is NCC1CN(C2=NS(=O)(=O)c3ccccc32)C1. The first-order valence-electron chi connectivity index (χ1n) is 5.51. The maximum Gasteiger partial charge on any atom is 0.285 e. The van der Waals surface area contributed by atoms with Crippen molar-refractivity contribution >= 4 is 15.9 Å². The van der Waals surface area contributed by atoms with E-state index in [-0.39, 0.29) is 0 Å². The first-order chi connectivity index (χ1) is 8.12. The van der Waals surface area contributed by atoms with E-state index < -0.39 is 10.0 Å². The van der Waals surface area contributed by atoms with Crippen LogP contribution in [0.2, 0.25) is 0 Å². The van der Waals surface area contributed by atoms with Crippen molar-refractivity contribution in [2.24, 2.45) is 16.0 Å². The number of hydrogen-bond donors (Lipinski definition) is 1. The Labute approximate surface area is 100 Å². The Bertz CT molecular complexity index is 588. The maximum atomic E-state index is 11.8. The fourth-order valence-corrected chi connectivity index (χ4v) is 3.44. The van der Waals surface area contributed by atoms with Crippen LogP contribution in [0.3, 0.4) is 0 Å². The summed E-state index contributed by atoms with van der Waals surface area (Å²) in [5.74, 6) is 1.03. The Balaban J connectivity index is 1.98. The fourth-order valence-electron chi connectivity index (χ4n) is 2.21. The van der Waals surface area contributed by atoms with Crippen LogP contribution in [0.15, 0.2) is 33.6 Å². The summed E-state index contributed by atoms with van der Waals surface area (Å²) in [6.07, 6.45) is 0. The van der Waals surface area contributed by atoms with Gasteiger partial charge in [-0.1, -0.05) is 12.1 Å². The normalized spacial score (nSPS) is 21.9. The minimum Gasteiger partial charge on any atom is -0.355 e. The zero-order valence-corrected chi connectivity index (χ0v) is 10.0. The molecule has 0 saturated carbocycles. The summed E-state index contributed by atoms with van der Waals surface area (Å²) in [5.41, 5.74) is 6.27. The van der Waals surface area contributed by atoms with Gasteiger partial charge in [0.15, 0.2) is 5.84 Å². The van der Waals surface area contributed by atoms with Crippen LogP contribution in [-0.4, -0.2) is 38.8 Å². The molecule has 2 aliphatic heterocycles. The Morgan fingerprint density at radius 1 is 1.35 bits per heavy atom. The van der Waals surface area contributed by atoms with Crippen LogP contribution in [0, 0.1) is 5.92 Å². The van der Waals surface area contributed by atoms with Crippen molar-refractivity contribution in [1.29, 1.82) is 0 Å². The number of rotatable bonds is 1. The number of benzene rings is 1. The molecule has 0 bridgehead atoms. The van der Waals surface area contributed by atoms with E-state index in [1.54, 1.807) is 18.2 Å². The molecule has 0 aromatic heterocycles. The number of nitrogens with zero attached hydrogens (tertiary/aromatic N) is 2. The summed E-state index contributed by atoms with van der Waals surface area (Å²) in [5, 5.41) is 0. The minimum atomic E-state index is -3.49. The van der Waals surface area contributed by atoms with Crippen LogP contribution < -0.4 is 5.73 Å². The highest BCUT2D eigenvalue weighted by Crippen LogP contribution is 2.30. The Morgan fingerprint density at radius 3 is 2.76 bits per heavy atom. The van der Waals surface area contributed by atoms with Crippen LogP contribution >= 0.6 is 0 Å². The predicted molar refractivity (Wildman–Crippen MR) is 64.3 cm³/mol. The van der Waals surface area contributed by atoms with Crippen LogP contribution in [0.1, 0.15) is 5.56 Å². The average Bonchev–Trinajstić information content (AvgIpc) is 2.51. The van der Waals surface area contributed by atoms with Crippen LogP contribution in [0.5, 0.6) is 0 Å². The molecule has 0 unspecified atom stereocenters. The molecular formula is C11H13N3O2S. The quantitative estimate of drug-likeness (QED) is 0.764.